The van der Waals surface area contributed by atoms with Crippen LogP contribution in [0.15, 0.2) is 71.3 Å². The maximum atomic E-state index is 13.6. The number of rotatable bonds is 2. The van der Waals surface area contributed by atoms with E-state index in [2.05, 4.69) is 18.1 Å². The van der Waals surface area contributed by atoms with E-state index in [0.29, 0.717) is 33.5 Å². The first-order valence-corrected chi connectivity index (χ1v) is 10.2. The van der Waals surface area contributed by atoms with Crippen LogP contribution in [-0.2, 0) is 0 Å². The van der Waals surface area contributed by atoms with Crippen LogP contribution in [0.4, 0.5) is 0 Å². The lowest BCUT2D eigenvalue weighted by Gasteiger charge is -2.12. The van der Waals surface area contributed by atoms with Crippen LogP contribution in [0, 0.1) is 0 Å². The molecule has 6 nitrogen and oxygen atoms in total. The van der Waals surface area contributed by atoms with Gasteiger partial charge in [0.25, 0.3) is 11.1 Å². The number of benzene rings is 3. The molecule has 4 aromatic heterocycles. The third kappa shape index (κ3) is 1.77. The highest BCUT2D eigenvalue weighted by atomic mass is 16.1. The largest absolute Gasteiger partial charge is 0.268 e. The van der Waals surface area contributed by atoms with Gasteiger partial charge >= 0.3 is 0 Å². The van der Waals surface area contributed by atoms with Gasteiger partial charge in [0.05, 0.1) is 22.4 Å². The number of imidazole rings is 2. The fraction of sp³-hybridized carbons (Fsp3) is 0. The van der Waals surface area contributed by atoms with Gasteiger partial charge in [0.1, 0.15) is 11.3 Å². The Kier molecular flexibility index (Phi) is 2.98. The topological polar surface area (TPSA) is 68.7 Å². The molecular weight excluding hydrogens is 400 g/mol. The summed E-state index contributed by atoms with van der Waals surface area (Å²) in [5, 5.41) is 4.19. The Bertz CT molecular complexity index is 2060. The van der Waals surface area contributed by atoms with E-state index >= 15 is 0 Å². The molecule has 3 aromatic carbocycles. The highest BCUT2D eigenvalue weighted by molar-refractivity contribution is 6.27. The molecule has 0 aliphatic rings. The number of aromatic nitrogens is 4. The Hall–Kier alpha value is -4.58. The minimum absolute atomic E-state index is 0.148. The van der Waals surface area contributed by atoms with Gasteiger partial charge in [-0.3, -0.25) is 18.4 Å². The fourth-order valence-corrected chi connectivity index (χ4v) is 5.06. The summed E-state index contributed by atoms with van der Waals surface area (Å²) in [4.78, 5) is 36.5. The van der Waals surface area contributed by atoms with Gasteiger partial charge in [-0.05, 0) is 48.6 Å². The van der Waals surface area contributed by atoms with Crippen molar-refractivity contribution in [3.63, 3.8) is 0 Å². The standard InChI is InChI=1S/C26H14N4O2/c1-3-17-19(4-2)29-23(27-17)13-9-12-16-22-14(10-11-15(21(13)22)25(29)31)24-28-18-7-5-6-8-20(18)30(24)26(16)32/h3-12H,1-2H2. The number of hydrogen-bond acceptors (Lipinski definition) is 4. The normalized spacial score (nSPS) is 12.2. The summed E-state index contributed by atoms with van der Waals surface area (Å²) in [7, 11) is 0. The molecular formula is C26H14N4O2. The van der Waals surface area contributed by atoms with Gasteiger partial charge in [-0.1, -0.05) is 25.3 Å². The van der Waals surface area contributed by atoms with Crippen molar-refractivity contribution in [2.75, 3.05) is 0 Å². The van der Waals surface area contributed by atoms with Gasteiger partial charge in [0.15, 0.2) is 0 Å². The average Bonchev–Trinajstić information content (AvgIpc) is 3.40. The third-order valence-electron chi connectivity index (χ3n) is 6.40. The number of fused-ring (bicyclic) bond motifs is 6. The number of para-hydroxylation sites is 2. The molecule has 0 spiro atoms. The van der Waals surface area contributed by atoms with Crippen LogP contribution in [0.1, 0.15) is 11.4 Å². The van der Waals surface area contributed by atoms with Crippen molar-refractivity contribution >= 4 is 66.8 Å². The zero-order valence-electron chi connectivity index (χ0n) is 16.8. The van der Waals surface area contributed by atoms with Gasteiger partial charge in [0.2, 0.25) is 0 Å². The molecule has 6 heteroatoms. The van der Waals surface area contributed by atoms with E-state index in [1.165, 1.54) is 0 Å². The summed E-state index contributed by atoms with van der Waals surface area (Å²) in [6, 6.07) is 15.0. The summed E-state index contributed by atoms with van der Waals surface area (Å²) in [6.45, 7) is 7.67. The average molecular weight is 414 g/mol. The molecule has 0 N–H and O–H groups in total. The zero-order valence-corrected chi connectivity index (χ0v) is 16.8. The molecule has 0 aliphatic heterocycles. The quantitative estimate of drug-likeness (QED) is 0.391. The van der Waals surface area contributed by atoms with Crippen LogP contribution in [0.3, 0.4) is 0 Å². The van der Waals surface area contributed by atoms with Crippen molar-refractivity contribution in [3.8, 4) is 0 Å². The second-order valence-corrected chi connectivity index (χ2v) is 7.89. The van der Waals surface area contributed by atoms with Crippen molar-refractivity contribution in [1.82, 2.24) is 18.8 Å². The van der Waals surface area contributed by atoms with Crippen molar-refractivity contribution in [2.24, 2.45) is 0 Å². The number of nitrogens with zero attached hydrogens (tertiary/aromatic N) is 4. The van der Waals surface area contributed by atoms with Gasteiger partial charge < -0.3 is 0 Å². The summed E-state index contributed by atoms with van der Waals surface area (Å²) in [5.41, 5.74) is 3.50. The highest BCUT2D eigenvalue weighted by Crippen LogP contribution is 2.36. The van der Waals surface area contributed by atoms with E-state index in [4.69, 9.17) is 4.98 Å². The van der Waals surface area contributed by atoms with Crippen molar-refractivity contribution in [3.05, 3.63) is 93.8 Å². The first-order chi connectivity index (χ1) is 15.6. The van der Waals surface area contributed by atoms with Crippen molar-refractivity contribution in [1.29, 1.82) is 0 Å². The SMILES string of the molecule is C=Cc1nc2c3ccc4c(=O)n5c6ccccc6nc5c5ccc(c(=O)n2c1C=C)c3c45. The second-order valence-electron chi connectivity index (χ2n) is 7.89. The first-order valence-electron chi connectivity index (χ1n) is 10.2. The molecule has 0 amide bonds. The van der Waals surface area contributed by atoms with Crippen LogP contribution in [-0.4, -0.2) is 18.8 Å². The number of pyridine rings is 2. The Morgan fingerprint density at radius 3 is 1.94 bits per heavy atom. The zero-order chi connectivity index (χ0) is 21.7. The summed E-state index contributed by atoms with van der Waals surface area (Å²) < 4.78 is 3.23. The van der Waals surface area contributed by atoms with Crippen LogP contribution < -0.4 is 11.1 Å². The predicted octanol–water partition coefficient (Wildman–Crippen LogP) is 4.48. The highest BCUT2D eigenvalue weighted by Gasteiger charge is 2.22. The van der Waals surface area contributed by atoms with Crippen molar-refractivity contribution in [2.45, 2.75) is 0 Å². The summed E-state index contributed by atoms with van der Waals surface area (Å²) in [5.74, 6) is 0. The van der Waals surface area contributed by atoms with E-state index in [-0.39, 0.29) is 11.1 Å². The first kappa shape index (κ1) is 17.1. The summed E-state index contributed by atoms with van der Waals surface area (Å²) in [6.07, 6.45) is 3.23. The molecule has 32 heavy (non-hydrogen) atoms. The monoisotopic (exact) mass is 414 g/mol. The second kappa shape index (κ2) is 5.56. The third-order valence-corrected chi connectivity index (χ3v) is 6.40. The van der Waals surface area contributed by atoms with E-state index < -0.39 is 0 Å². The summed E-state index contributed by atoms with van der Waals surface area (Å²) >= 11 is 0. The van der Waals surface area contributed by atoms with E-state index in [1.54, 1.807) is 21.0 Å². The number of hydrogen-bond donors (Lipinski definition) is 0. The van der Waals surface area contributed by atoms with Gasteiger partial charge in [-0.2, -0.15) is 0 Å². The predicted molar refractivity (Wildman–Crippen MR) is 129 cm³/mol. The van der Waals surface area contributed by atoms with Gasteiger partial charge in [0, 0.05) is 32.3 Å². The Morgan fingerprint density at radius 2 is 1.28 bits per heavy atom. The Labute approximate surface area is 179 Å². The molecule has 0 aliphatic carbocycles. The maximum absolute atomic E-state index is 13.6. The van der Waals surface area contributed by atoms with Crippen LogP contribution in [0.2, 0.25) is 0 Å². The van der Waals surface area contributed by atoms with Crippen LogP contribution >= 0.6 is 0 Å². The lowest BCUT2D eigenvalue weighted by Crippen LogP contribution is -2.17. The molecule has 150 valence electrons. The molecule has 0 unspecified atom stereocenters. The van der Waals surface area contributed by atoms with Gasteiger partial charge in [-0.15, -0.1) is 0 Å². The Morgan fingerprint density at radius 1 is 0.688 bits per heavy atom. The molecule has 7 rings (SSSR count). The minimum Gasteiger partial charge on any atom is -0.268 e. The minimum atomic E-state index is -0.196. The van der Waals surface area contributed by atoms with E-state index in [9.17, 15) is 9.59 Å². The molecule has 0 saturated heterocycles. The molecule has 0 atom stereocenters. The lowest BCUT2D eigenvalue weighted by atomic mass is 9.96. The smallest absolute Gasteiger partial charge is 0.264 e. The Balaban J connectivity index is 1.84. The lowest BCUT2D eigenvalue weighted by molar-refractivity contribution is 1.13. The molecule has 0 fully saturated rings. The van der Waals surface area contributed by atoms with E-state index in [1.807, 2.05) is 48.5 Å². The molecule has 4 heterocycles. The molecule has 0 bridgehead atoms. The molecule has 0 radical (unpaired) electrons. The van der Waals surface area contributed by atoms with Crippen molar-refractivity contribution < 1.29 is 0 Å². The van der Waals surface area contributed by atoms with E-state index in [0.717, 1.165) is 32.6 Å². The maximum Gasteiger partial charge on any atom is 0.264 e. The molecule has 0 saturated carbocycles. The van der Waals surface area contributed by atoms with Crippen LogP contribution in [0.5, 0.6) is 0 Å². The van der Waals surface area contributed by atoms with Gasteiger partial charge in [-0.25, -0.2) is 9.97 Å². The fourth-order valence-electron chi connectivity index (χ4n) is 5.06. The molecule has 7 aromatic rings. The van der Waals surface area contributed by atoms with Crippen LogP contribution in [0.25, 0.3) is 66.8 Å².